The van der Waals surface area contributed by atoms with Gasteiger partial charge in [-0.2, -0.15) is 17.0 Å². The fourth-order valence-corrected chi connectivity index (χ4v) is 4.76. The summed E-state index contributed by atoms with van der Waals surface area (Å²) < 4.78 is 27.4. The number of hydrogen-bond acceptors (Lipinski definition) is 3. The van der Waals surface area contributed by atoms with Crippen LogP contribution in [0.4, 0.5) is 5.69 Å². The van der Waals surface area contributed by atoms with Crippen LogP contribution in [0.3, 0.4) is 0 Å². The number of para-hydroxylation sites is 1. The highest BCUT2D eigenvalue weighted by Crippen LogP contribution is 2.30. The Morgan fingerprint density at radius 2 is 1.92 bits per heavy atom. The maximum absolute atomic E-state index is 13.0. The largest absolute Gasteiger partial charge is 0.312 e. The number of aryl methyl sites for hydroxylation is 1. The summed E-state index contributed by atoms with van der Waals surface area (Å²) in [5.74, 6) is -0.208. The van der Waals surface area contributed by atoms with Gasteiger partial charge in [-0.05, 0) is 37.3 Å². The molecule has 0 bridgehead atoms. The van der Waals surface area contributed by atoms with E-state index >= 15 is 0 Å². The summed E-state index contributed by atoms with van der Waals surface area (Å²) in [5, 5.41) is 0. The van der Waals surface area contributed by atoms with Crippen LogP contribution in [-0.2, 0) is 21.4 Å². The van der Waals surface area contributed by atoms with Crippen LogP contribution in [0.25, 0.3) is 0 Å². The molecule has 2 aliphatic heterocycles. The Labute approximate surface area is 144 Å². The molecule has 0 radical (unpaired) electrons. The number of carbonyl (C=O) groups excluding carboxylic acids is 1. The summed E-state index contributed by atoms with van der Waals surface area (Å²) in [6.45, 7) is 1.48. The van der Waals surface area contributed by atoms with Crippen LogP contribution in [-0.4, -0.2) is 56.7 Å². The molecule has 132 valence electrons. The van der Waals surface area contributed by atoms with Crippen LogP contribution >= 0.6 is 0 Å². The van der Waals surface area contributed by atoms with E-state index in [-0.39, 0.29) is 18.4 Å². The number of amides is 1. The molecule has 1 atom stereocenters. The molecule has 0 aromatic heterocycles. The first-order valence-corrected chi connectivity index (χ1v) is 9.88. The summed E-state index contributed by atoms with van der Waals surface area (Å²) in [4.78, 5) is 14.9. The number of piperidine rings is 1. The zero-order valence-electron chi connectivity index (χ0n) is 14.3. The molecule has 1 unspecified atom stereocenters. The maximum Gasteiger partial charge on any atom is 0.281 e. The van der Waals surface area contributed by atoms with Crippen LogP contribution in [0.15, 0.2) is 24.3 Å². The van der Waals surface area contributed by atoms with Crippen molar-refractivity contribution in [2.45, 2.75) is 25.7 Å². The standard InChI is InChI=1S/C17H25N3O3S/c1-18(2)24(22,23)19-11-5-9-15(13-19)17(21)20-12-6-8-14-7-3-4-10-16(14)20/h3-4,7,10,15H,5-6,8-9,11-13H2,1-2H3. The number of nitrogens with zero attached hydrogens (tertiary/aromatic N) is 3. The fraction of sp³-hybridized carbons (Fsp3) is 0.588. The lowest BCUT2D eigenvalue weighted by Crippen LogP contribution is -2.50. The predicted molar refractivity (Wildman–Crippen MR) is 94.0 cm³/mol. The average molecular weight is 351 g/mol. The molecule has 6 nitrogen and oxygen atoms in total. The molecule has 0 aliphatic carbocycles. The summed E-state index contributed by atoms with van der Waals surface area (Å²) >= 11 is 0. The van der Waals surface area contributed by atoms with Gasteiger partial charge in [0.15, 0.2) is 0 Å². The van der Waals surface area contributed by atoms with E-state index in [2.05, 4.69) is 6.07 Å². The van der Waals surface area contributed by atoms with Crippen LogP contribution in [0.5, 0.6) is 0 Å². The Hall–Kier alpha value is -1.44. The molecule has 1 fully saturated rings. The quantitative estimate of drug-likeness (QED) is 0.829. The lowest BCUT2D eigenvalue weighted by Gasteiger charge is -2.37. The van der Waals surface area contributed by atoms with Crippen molar-refractivity contribution in [1.29, 1.82) is 0 Å². The van der Waals surface area contributed by atoms with Crippen molar-refractivity contribution in [3.05, 3.63) is 29.8 Å². The van der Waals surface area contributed by atoms with Gasteiger partial charge in [0.2, 0.25) is 5.91 Å². The van der Waals surface area contributed by atoms with Crippen LogP contribution in [0.2, 0.25) is 0 Å². The van der Waals surface area contributed by atoms with Crippen molar-refractivity contribution >= 4 is 21.8 Å². The Morgan fingerprint density at radius 1 is 1.17 bits per heavy atom. The minimum atomic E-state index is -3.46. The van der Waals surface area contributed by atoms with Gasteiger partial charge in [0, 0.05) is 39.4 Å². The topological polar surface area (TPSA) is 60.9 Å². The zero-order valence-corrected chi connectivity index (χ0v) is 15.1. The van der Waals surface area contributed by atoms with Crippen LogP contribution in [0.1, 0.15) is 24.8 Å². The molecule has 0 N–H and O–H groups in total. The van der Waals surface area contributed by atoms with Gasteiger partial charge in [0.1, 0.15) is 0 Å². The van der Waals surface area contributed by atoms with E-state index in [1.807, 2.05) is 23.1 Å². The molecule has 2 heterocycles. The molecule has 1 aromatic carbocycles. The Bertz CT molecular complexity index is 718. The van der Waals surface area contributed by atoms with Crippen molar-refractivity contribution in [2.24, 2.45) is 5.92 Å². The minimum Gasteiger partial charge on any atom is -0.312 e. The molecule has 3 rings (SSSR count). The Kier molecular flexibility index (Phi) is 4.94. The monoisotopic (exact) mass is 351 g/mol. The van der Waals surface area contributed by atoms with Gasteiger partial charge in [-0.1, -0.05) is 18.2 Å². The highest BCUT2D eigenvalue weighted by Gasteiger charge is 2.36. The first kappa shape index (κ1) is 17.4. The normalized spacial score (nSPS) is 22.5. The second-order valence-electron chi connectivity index (χ2n) is 6.71. The Morgan fingerprint density at radius 3 is 2.67 bits per heavy atom. The van der Waals surface area contributed by atoms with Gasteiger partial charge in [-0.15, -0.1) is 0 Å². The van der Waals surface area contributed by atoms with Gasteiger partial charge in [0.05, 0.1) is 5.92 Å². The van der Waals surface area contributed by atoms with E-state index in [1.54, 1.807) is 0 Å². The first-order valence-electron chi connectivity index (χ1n) is 8.48. The molecule has 2 aliphatic rings. The van der Waals surface area contributed by atoms with E-state index in [4.69, 9.17) is 0 Å². The number of fused-ring (bicyclic) bond motifs is 1. The van der Waals surface area contributed by atoms with Crippen molar-refractivity contribution < 1.29 is 13.2 Å². The second kappa shape index (κ2) is 6.82. The SMILES string of the molecule is CN(C)S(=O)(=O)N1CCCC(C(=O)N2CCCc3ccccc32)C1. The smallest absolute Gasteiger partial charge is 0.281 e. The fourth-order valence-electron chi connectivity index (χ4n) is 3.57. The van der Waals surface area contributed by atoms with E-state index in [9.17, 15) is 13.2 Å². The predicted octanol–water partition coefficient (Wildman–Crippen LogP) is 1.48. The van der Waals surface area contributed by atoms with E-state index in [1.165, 1.54) is 28.3 Å². The number of anilines is 1. The van der Waals surface area contributed by atoms with Gasteiger partial charge >= 0.3 is 0 Å². The van der Waals surface area contributed by atoms with Gasteiger partial charge in [-0.3, -0.25) is 4.79 Å². The average Bonchev–Trinajstić information content (AvgIpc) is 2.60. The number of benzene rings is 1. The molecule has 1 aromatic rings. The molecule has 0 spiro atoms. The summed E-state index contributed by atoms with van der Waals surface area (Å²) in [6.07, 6.45) is 3.41. The third-order valence-corrected chi connectivity index (χ3v) is 6.80. The van der Waals surface area contributed by atoms with Crippen molar-refractivity contribution in [2.75, 3.05) is 38.6 Å². The van der Waals surface area contributed by atoms with Crippen LogP contribution < -0.4 is 4.90 Å². The zero-order chi connectivity index (χ0) is 17.3. The van der Waals surface area contributed by atoms with Gasteiger partial charge in [0.25, 0.3) is 10.2 Å². The highest BCUT2D eigenvalue weighted by atomic mass is 32.2. The minimum absolute atomic E-state index is 0.0563. The van der Waals surface area contributed by atoms with E-state index in [0.29, 0.717) is 13.1 Å². The lowest BCUT2D eigenvalue weighted by molar-refractivity contribution is -0.123. The summed E-state index contributed by atoms with van der Waals surface area (Å²) in [7, 11) is -0.403. The third kappa shape index (κ3) is 3.20. The van der Waals surface area contributed by atoms with Gasteiger partial charge < -0.3 is 4.90 Å². The third-order valence-electron chi connectivity index (χ3n) is 4.90. The second-order valence-corrected chi connectivity index (χ2v) is 8.85. The molecule has 7 heteroatoms. The molecule has 24 heavy (non-hydrogen) atoms. The number of hydrogen-bond donors (Lipinski definition) is 0. The summed E-state index contributed by atoms with van der Waals surface area (Å²) in [5.41, 5.74) is 2.19. The number of carbonyl (C=O) groups is 1. The molecular weight excluding hydrogens is 326 g/mol. The van der Waals surface area contributed by atoms with Crippen LogP contribution in [0, 0.1) is 5.92 Å². The van der Waals surface area contributed by atoms with Gasteiger partial charge in [-0.25, -0.2) is 0 Å². The van der Waals surface area contributed by atoms with Crippen molar-refractivity contribution in [1.82, 2.24) is 8.61 Å². The molecule has 1 saturated heterocycles. The maximum atomic E-state index is 13.0. The lowest BCUT2D eigenvalue weighted by atomic mass is 9.95. The van der Waals surface area contributed by atoms with Crippen molar-refractivity contribution in [3.63, 3.8) is 0 Å². The highest BCUT2D eigenvalue weighted by molar-refractivity contribution is 7.86. The number of rotatable bonds is 3. The molecule has 1 amide bonds. The van der Waals surface area contributed by atoms with E-state index in [0.717, 1.165) is 31.4 Å². The first-order chi connectivity index (χ1) is 11.4. The summed E-state index contributed by atoms with van der Waals surface area (Å²) in [6, 6.07) is 8.01. The molecular formula is C17H25N3O3S. The van der Waals surface area contributed by atoms with Crippen molar-refractivity contribution in [3.8, 4) is 0 Å². The Balaban J connectivity index is 1.79. The van der Waals surface area contributed by atoms with E-state index < -0.39 is 10.2 Å². The molecule has 0 saturated carbocycles.